The highest BCUT2D eigenvalue weighted by Gasteiger charge is 2.31. The molecule has 2 aromatic carbocycles. The third kappa shape index (κ3) is 5.80. The van der Waals surface area contributed by atoms with Crippen LogP contribution in [0.15, 0.2) is 65.5 Å². The summed E-state index contributed by atoms with van der Waals surface area (Å²) in [5.41, 5.74) is 3.37. The molecule has 10 heteroatoms. The van der Waals surface area contributed by atoms with E-state index < -0.39 is 5.82 Å². The number of aryl methyl sites for hydroxylation is 1. The van der Waals surface area contributed by atoms with Gasteiger partial charge >= 0.3 is 5.69 Å². The molecular weight excluding hydrogens is 545 g/mol. The number of piperazine rings is 1. The van der Waals surface area contributed by atoms with Crippen LogP contribution in [0.2, 0.25) is 5.02 Å². The summed E-state index contributed by atoms with van der Waals surface area (Å²) in [7, 11) is 5.37. The zero-order valence-electron chi connectivity index (χ0n) is 24.2. The number of allylic oxidation sites excluding steroid dienone is 2. The molecule has 1 aromatic heterocycles. The second kappa shape index (κ2) is 11.4. The molecule has 1 fully saturated rings. The Morgan fingerprint density at radius 2 is 1.76 bits per heavy atom. The van der Waals surface area contributed by atoms with Crippen LogP contribution >= 0.6 is 11.6 Å². The van der Waals surface area contributed by atoms with Crippen LogP contribution in [0.3, 0.4) is 0 Å². The third-order valence-corrected chi connectivity index (χ3v) is 8.29. The van der Waals surface area contributed by atoms with Gasteiger partial charge in [-0.3, -0.25) is 9.47 Å². The summed E-state index contributed by atoms with van der Waals surface area (Å²) >= 11 is 6.57. The fourth-order valence-electron chi connectivity index (χ4n) is 5.74. The molecule has 0 radical (unpaired) electrons. The molecule has 218 valence electrons. The maximum Gasteiger partial charge on any atom is 0.332 e. The lowest BCUT2D eigenvalue weighted by Gasteiger charge is -2.45. The lowest BCUT2D eigenvalue weighted by atomic mass is 9.95. The monoisotopic (exact) mass is 581 g/mol. The smallest absolute Gasteiger partial charge is 0.332 e. The first-order valence-electron chi connectivity index (χ1n) is 13.7. The Balaban J connectivity index is 1.43. The SMILES string of the molecule is COCC(C)(C)N1CCN(C2=CC(c3cc(F)cc(-c4ccc(-n5ccn(C)c5=O)c(Cl)c4)c3O)=CN(C)C2)CC1. The van der Waals surface area contributed by atoms with Gasteiger partial charge in [-0.15, -0.1) is 0 Å². The average molecular weight is 582 g/mol. The molecule has 2 aliphatic heterocycles. The van der Waals surface area contributed by atoms with Crippen molar-refractivity contribution in [3.63, 3.8) is 0 Å². The number of ether oxygens (including phenoxy) is 1. The van der Waals surface area contributed by atoms with Gasteiger partial charge in [0.05, 0.1) is 23.9 Å². The Morgan fingerprint density at radius 1 is 1.05 bits per heavy atom. The normalized spacial score (nSPS) is 16.7. The van der Waals surface area contributed by atoms with Gasteiger partial charge in [0.25, 0.3) is 0 Å². The Bertz CT molecular complexity index is 1570. The van der Waals surface area contributed by atoms with Crippen LogP contribution in [0, 0.1) is 5.82 Å². The minimum atomic E-state index is -0.467. The second-order valence-electron chi connectivity index (χ2n) is 11.4. The van der Waals surface area contributed by atoms with Crippen LogP contribution in [-0.4, -0.2) is 88.0 Å². The highest BCUT2D eigenvalue weighted by atomic mass is 35.5. The number of nitrogens with zero attached hydrogens (tertiary/aromatic N) is 5. The zero-order valence-corrected chi connectivity index (χ0v) is 25.0. The Hall–Kier alpha value is -3.53. The maximum atomic E-state index is 15.0. The van der Waals surface area contributed by atoms with Gasteiger partial charge in [-0.2, -0.15) is 0 Å². The van der Waals surface area contributed by atoms with Crippen LogP contribution in [0.1, 0.15) is 19.4 Å². The van der Waals surface area contributed by atoms with Gasteiger partial charge in [-0.1, -0.05) is 17.7 Å². The summed E-state index contributed by atoms with van der Waals surface area (Å²) < 4.78 is 23.4. The summed E-state index contributed by atoms with van der Waals surface area (Å²) in [5, 5.41) is 11.7. The quantitative estimate of drug-likeness (QED) is 0.442. The third-order valence-electron chi connectivity index (χ3n) is 7.98. The molecular formula is C31H37ClFN5O3. The van der Waals surface area contributed by atoms with Crippen molar-refractivity contribution < 1.29 is 14.2 Å². The highest BCUT2D eigenvalue weighted by molar-refractivity contribution is 6.32. The lowest BCUT2D eigenvalue weighted by molar-refractivity contribution is 0.00759. The molecule has 0 amide bonds. The summed E-state index contributed by atoms with van der Waals surface area (Å²) in [6.07, 6.45) is 7.26. The predicted octanol–water partition coefficient (Wildman–Crippen LogP) is 4.55. The molecule has 3 aromatic rings. The van der Waals surface area contributed by atoms with E-state index in [2.05, 4.69) is 28.5 Å². The van der Waals surface area contributed by atoms with Gasteiger partial charge in [0.15, 0.2) is 0 Å². The van der Waals surface area contributed by atoms with Crippen molar-refractivity contribution in [2.45, 2.75) is 19.4 Å². The van der Waals surface area contributed by atoms with Crippen molar-refractivity contribution in [1.29, 1.82) is 0 Å². The van der Waals surface area contributed by atoms with Crippen molar-refractivity contribution in [2.75, 3.05) is 53.5 Å². The van der Waals surface area contributed by atoms with Gasteiger partial charge in [0, 0.05) is 93.9 Å². The number of aromatic hydroxyl groups is 1. The van der Waals surface area contributed by atoms with Crippen LogP contribution in [0.25, 0.3) is 22.4 Å². The molecule has 41 heavy (non-hydrogen) atoms. The molecule has 0 unspecified atom stereocenters. The number of imidazole rings is 1. The molecule has 0 spiro atoms. The Labute approximate surface area is 245 Å². The highest BCUT2D eigenvalue weighted by Crippen LogP contribution is 2.40. The Kier molecular flexibility index (Phi) is 8.05. The number of hydrogen-bond donors (Lipinski definition) is 1. The van der Waals surface area contributed by atoms with Crippen LogP contribution in [0.4, 0.5) is 4.39 Å². The first kappa shape index (κ1) is 29.0. The number of rotatable bonds is 7. The van der Waals surface area contributed by atoms with Gasteiger partial charge in [-0.05, 0) is 49.8 Å². The minimum Gasteiger partial charge on any atom is -0.507 e. The summed E-state index contributed by atoms with van der Waals surface area (Å²) in [6, 6.07) is 7.73. The van der Waals surface area contributed by atoms with Gasteiger partial charge < -0.3 is 24.2 Å². The van der Waals surface area contributed by atoms with Crippen LogP contribution < -0.4 is 5.69 Å². The van der Waals surface area contributed by atoms with Gasteiger partial charge in [-0.25, -0.2) is 9.18 Å². The molecule has 3 heterocycles. The predicted molar refractivity (Wildman–Crippen MR) is 161 cm³/mol. The van der Waals surface area contributed by atoms with E-state index in [0.717, 1.165) is 44.0 Å². The van der Waals surface area contributed by atoms with E-state index in [9.17, 15) is 9.90 Å². The van der Waals surface area contributed by atoms with Crippen molar-refractivity contribution in [2.24, 2.45) is 7.05 Å². The number of hydrogen-bond acceptors (Lipinski definition) is 6. The summed E-state index contributed by atoms with van der Waals surface area (Å²) in [4.78, 5) is 19.3. The van der Waals surface area contributed by atoms with E-state index in [1.807, 2.05) is 19.3 Å². The molecule has 1 N–H and O–H groups in total. The largest absolute Gasteiger partial charge is 0.507 e. The molecule has 0 bridgehead atoms. The maximum absolute atomic E-state index is 15.0. The number of methoxy groups -OCH3 is 1. The average Bonchev–Trinajstić information content (AvgIpc) is 3.27. The molecule has 5 rings (SSSR count). The second-order valence-corrected chi connectivity index (χ2v) is 11.8. The topological polar surface area (TPSA) is 66.1 Å². The Morgan fingerprint density at radius 3 is 2.39 bits per heavy atom. The van der Waals surface area contributed by atoms with Crippen LogP contribution in [0.5, 0.6) is 5.75 Å². The van der Waals surface area contributed by atoms with E-state index in [1.54, 1.807) is 44.8 Å². The fourth-order valence-corrected chi connectivity index (χ4v) is 6.01. The number of halogens is 2. The molecule has 0 aliphatic carbocycles. The molecule has 0 saturated carbocycles. The van der Waals surface area contributed by atoms with Crippen LogP contribution in [-0.2, 0) is 11.8 Å². The van der Waals surface area contributed by atoms with E-state index in [-0.39, 0.29) is 17.0 Å². The first-order valence-corrected chi connectivity index (χ1v) is 14.0. The number of likely N-dealkylation sites (N-methyl/N-ethyl adjacent to an activating group) is 1. The van der Waals surface area contributed by atoms with E-state index in [0.29, 0.717) is 34.0 Å². The number of aromatic nitrogens is 2. The van der Waals surface area contributed by atoms with Gasteiger partial charge in [0.2, 0.25) is 0 Å². The van der Waals surface area contributed by atoms with E-state index >= 15 is 4.39 Å². The summed E-state index contributed by atoms with van der Waals surface area (Å²) in [6.45, 7) is 9.37. The molecule has 8 nitrogen and oxygen atoms in total. The molecule has 2 aliphatic rings. The lowest BCUT2D eigenvalue weighted by Crippen LogP contribution is -2.56. The van der Waals surface area contributed by atoms with Gasteiger partial charge in [0.1, 0.15) is 11.6 Å². The first-order chi connectivity index (χ1) is 19.5. The van der Waals surface area contributed by atoms with Crippen molar-refractivity contribution in [3.8, 4) is 22.6 Å². The standard InChI is InChI=1S/C31H37ClFN5O3/c1-31(2,20-41-5)37-11-9-36(10-12-37)24-14-22(18-34(3)19-24)26-17-23(33)16-25(29(26)39)21-6-7-28(27(32)15-21)38-13-8-35(4)30(38)40/h6-8,13-18,39H,9-12,19-20H2,1-5H3. The molecule has 1 saturated heterocycles. The fraction of sp³-hybridized carbons (Fsp3) is 0.387. The van der Waals surface area contributed by atoms with Crippen molar-refractivity contribution >= 4 is 17.2 Å². The minimum absolute atomic E-state index is 0.0321. The van der Waals surface area contributed by atoms with E-state index in [1.165, 1.54) is 21.3 Å². The molecule has 0 atom stereocenters. The van der Waals surface area contributed by atoms with Crippen molar-refractivity contribution in [1.82, 2.24) is 23.8 Å². The number of phenols is 1. The van der Waals surface area contributed by atoms with E-state index in [4.69, 9.17) is 16.3 Å². The zero-order chi connectivity index (χ0) is 29.5. The summed E-state index contributed by atoms with van der Waals surface area (Å²) in [5.74, 6) is -0.499. The number of benzene rings is 2. The van der Waals surface area contributed by atoms with Crippen molar-refractivity contribution in [3.05, 3.63) is 87.6 Å². The number of phenolic OH excluding ortho intramolecular Hbond substituents is 1.